The lowest BCUT2D eigenvalue weighted by atomic mass is 9.92. The zero-order valence-corrected chi connectivity index (χ0v) is 18.9. The average molecular weight is 424 g/mol. The van der Waals surface area contributed by atoms with Gasteiger partial charge in [0, 0.05) is 25.2 Å². The first-order valence-corrected chi connectivity index (χ1v) is 10.7. The highest BCUT2D eigenvalue weighted by molar-refractivity contribution is 5.89. The number of ether oxygens (including phenoxy) is 1. The molecule has 6 heteroatoms. The molecule has 0 aliphatic carbocycles. The summed E-state index contributed by atoms with van der Waals surface area (Å²) in [6.07, 6.45) is 0.599. The first kappa shape index (κ1) is 23.0. The van der Waals surface area contributed by atoms with Crippen LogP contribution in [0.15, 0.2) is 60.7 Å². The molecule has 0 radical (unpaired) electrons. The Morgan fingerprint density at radius 3 is 2.26 bits per heavy atom. The minimum Gasteiger partial charge on any atom is -0.468 e. The van der Waals surface area contributed by atoms with Crippen molar-refractivity contribution in [2.24, 2.45) is 0 Å². The van der Waals surface area contributed by atoms with Gasteiger partial charge in [0.1, 0.15) is 11.6 Å². The Bertz CT molecular complexity index is 880. The summed E-state index contributed by atoms with van der Waals surface area (Å²) in [7, 11) is 1.37. The van der Waals surface area contributed by atoms with E-state index in [1.165, 1.54) is 12.7 Å². The third kappa shape index (κ3) is 5.93. The van der Waals surface area contributed by atoms with Crippen molar-refractivity contribution in [1.82, 2.24) is 15.5 Å². The maximum atomic E-state index is 13.5. The second kappa shape index (κ2) is 9.62. The lowest BCUT2D eigenvalue weighted by Gasteiger charge is -2.36. The van der Waals surface area contributed by atoms with Gasteiger partial charge in [0.2, 0.25) is 5.91 Å². The fourth-order valence-corrected chi connectivity index (χ4v) is 4.01. The quantitative estimate of drug-likeness (QED) is 0.670. The molecule has 1 heterocycles. The molecule has 1 amide bonds. The van der Waals surface area contributed by atoms with Crippen molar-refractivity contribution < 1.29 is 14.3 Å². The van der Waals surface area contributed by atoms with Crippen LogP contribution in [0.5, 0.6) is 0 Å². The fourth-order valence-electron chi connectivity index (χ4n) is 4.01. The molecule has 2 unspecified atom stereocenters. The highest BCUT2D eigenvalue weighted by atomic mass is 16.5. The molecule has 0 bridgehead atoms. The van der Waals surface area contributed by atoms with E-state index in [4.69, 9.17) is 4.74 Å². The molecule has 2 N–H and O–H groups in total. The van der Waals surface area contributed by atoms with Crippen LogP contribution >= 0.6 is 0 Å². The summed E-state index contributed by atoms with van der Waals surface area (Å²) in [4.78, 5) is 28.5. The minimum absolute atomic E-state index is 0.0969. The smallest absolute Gasteiger partial charge is 0.327 e. The minimum atomic E-state index is -0.906. The van der Waals surface area contributed by atoms with Crippen molar-refractivity contribution in [3.63, 3.8) is 0 Å². The second-order valence-electron chi connectivity index (χ2n) is 9.24. The Balaban J connectivity index is 1.89. The number of carbonyl (C=O) groups is 2. The van der Waals surface area contributed by atoms with Gasteiger partial charge in [-0.1, -0.05) is 60.7 Å². The molecule has 1 fully saturated rings. The van der Waals surface area contributed by atoms with E-state index in [0.29, 0.717) is 13.0 Å². The second-order valence-corrected chi connectivity index (χ2v) is 9.24. The summed E-state index contributed by atoms with van der Waals surface area (Å²) in [5.74, 6) is -0.504. The molecule has 166 valence electrons. The van der Waals surface area contributed by atoms with Gasteiger partial charge < -0.3 is 10.1 Å². The third-order valence-electron chi connectivity index (χ3n) is 5.51. The van der Waals surface area contributed by atoms with Crippen LogP contribution in [0.4, 0.5) is 0 Å². The van der Waals surface area contributed by atoms with Gasteiger partial charge in [0.25, 0.3) is 0 Å². The van der Waals surface area contributed by atoms with Crippen LogP contribution < -0.4 is 10.6 Å². The highest BCUT2D eigenvalue weighted by Crippen LogP contribution is 2.28. The molecule has 6 nitrogen and oxygen atoms in total. The molecule has 0 aromatic heterocycles. The third-order valence-corrected chi connectivity index (χ3v) is 5.51. The predicted molar refractivity (Wildman–Crippen MR) is 121 cm³/mol. The molecular weight excluding hydrogens is 390 g/mol. The Labute approximate surface area is 185 Å². The number of esters is 1. The van der Waals surface area contributed by atoms with Crippen molar-refractivity contribution in [2.75, 3.05) is 20.2 Å². The van der Waals surface area contributed by atoms with E-state index in [1.807, 2.05) is 69.3 Å². The van der Waals surface area contributed by atoms with Gasteiger partial charge in [-0.25, -0.2) is 4.79 Å². The maximum Gasteiger partial charge on any atom is 0.327 e. The zero-order valence-electron chi connectivity index (χ0n) is 18.9. The Hall–Kier alpha value is -2.70. The van der Waals surface area contributed by atoms with Crippen LogP contribution in [-0.2, 0) is 20.9 Å². The number of nitrogens with one attached hydrogen (secondary N) is 2. The summed E-state index contributed by atoms with van der Waals surface area (Å²) in [5.41, 5.74) is 0.684. The molecule has 3 rings (SSSR count). The van der Waals surface area contributed by atoms with Crippen molar-refractivity contribution in [3.8, 4) is 0 Å². The van der Waals surface area contributed by atoms with Crippen LogP contribution in [0.3, 0.4) is 0 Å². The van der Waals surface area contributed by atoms with E-state index in [0.717, 1.165) is 18.7 Å². The lowest BCUT2D eigenvalue weighted by molar-refractivity contribution is -0.144. The van der Waals surface area contributed by atoms with E-state index < -0.39 is 17.6 Å². The van der Waals surface area contributed by atoms with Gasteiger partial charge >= 0.3 is 5.97 Å². The van der Waals surface area contributed by atoms with E-state index in [-0.39, 0.29) is 11.4 Å². The molecule has 2 aromatic rings. The fraction of sp³-hybridized carbons (Fsp3) is 0.440. The molecule has 2 atom stereocenters. The number of hydrogen-bond donors (Lipinski definition) is 2. The normalized spacial score (nSPS) is 20.3. The number of methoxy groups -OCH3 is 1. The van der Waals surface area contributed by atoms with Gasteiger partial charge in [-0.3, -0.25) is 15.0 Å². The summed E-state index contributed by atoms with van der Waals surface area (Å²) < 4.78 is 5.08. The average Bonchev–Trinajstić information content (AvgIpc) is 3.15. The molecule has 1 saturated heterocycles. The molecule has 31 heavy (non-hydrogen) atoms. The number of rotatable bonds is 7. The van der Waals surface area contributed by atoms with Gasteiger partial charge in [0.15, 0.2) is 0 Å². The van der Waals surface area contributed by atoms with Gasteiger partial charge in [-0.15, -0.1) is 0 Å². The Kier molecular flexibility index (Phi) is 7.13. The summed E-state index contributed by atoms with van der Waals surface area (Å²) >= 11 is 0. The van der Waals surface area contributed by atoms with E-state index >= 15 is 0 Å². The Morgan fingerprint density at radius 1 is 1.06 bits per heavy atom. The number of hydrogen-bond acceptors (Lipinski definition) is 5. The molecule has 0 spiro atoms. The van der Waals surface area contributed by atoms with Gasteiger partial charge in [-0.05, 0) is 38.3 Å². The van der Waals surface area contributed by atoms with E-state index in [9.17, 15) is 9.59 Å². The number of likely N-dealkylation sites (tertiary alicyclic amines) is 1. The summed E-state index contributed by atoms with van der Waals surface area (Å²) in [6, 6.07) is 18.9. The van der Waals surface area contributed by atoms with E-state index in [2.05, 4.69) is 27.7 Å². The van der Waals surface area contributed by atoms with Crippen LogP contribution in [0.1, 0.15) is 44.4 Å². The van der Waals surface area contributed by atoms with Crippen LogP contribution in [0.2, 0.25) is 0 Å². The zero-order chi connectivity index (χ0) is 22.5. The van der Waals surface area contributed by atoms with Crippen LogP contribution in [0, 0.1) is 0 Å². The number of benzene rings is 2. The first-order valence-electron chi connectivity index (χ1n) is 10.7. The summed E-state index contributed by atoms with van der Waals surface area (Å²) in [5, 5.41) is 6.53. The lowest BCUT2D eigenvalue weighted by Crippen LogP contribution is -2.63. The molecule has 0 saturated carbocycles. The van der Waals surface area contributed by atoms with Crippen LogP contribution in [0.25, 0.3) is 0 Å². The number of carbonyl (C=O) groups excluding carboxylic acids is 2. The largest absolute Gasteiger partial charge is 0.468 e. The number of nitrogens with zero attached hydrogens (tertiary/aromatic N) is 1. The Morgan fingerprint density at radius 2 is 1.68 bits per heavy atom. The molecule has 1 aliphatic heterocycles. The van der Waals surface area contributed by atoms with Crippen molar-refractivity contribution >= 4 is 11.9 Å². The monoisotopic (exact) mass is 423 g/mol. The molecule has 2 aromatic carbocycles. The summed E-state index contributed by atoms with van der Waals surface area (Å²) in [6.45, 7) is 7.90. The topological polar surface area (TPSA) is 70.7 Å². The molecule has 1 aliphatic rings. The predicted octanol–water partition coefficient (Wildman–Crippen LogP) is 3.05. The van der Waals surface area contributed by atoms with Crippen molar-refractivity contribution in [3.05, 3.63) is 71.8 Å². The van der Waals surface area contributed by atoms with Crippen molar-refractivity contribution in [1.29, 1.82) is 0 Å². The first-order chi connectivity index (χ1) is 14.7. The SMILES string of the molecule is COC(=O)C(NC1(C(=O)NC(C)(C)C)CCN(Cc2ccccc2)C1)c1ccccc1. The number of amides is 1. The molecular formula is C25H33N3O3. The van der Waals surface area contributed by atoms with Crippen LogP contribution in [-0.4, -0.2) is 48.1 Å². The standard InChI is InChI=1S/C25H33N3O3/c1-24(2,3)27-23(30)25(15-16-28(18-25)17-19-11-7-5-8-12-19)26-21(22(29)31-4)20-13-9-6-10-14-20/h5-14,21,26H,15-18H2,1-4H3,(H,27,30). The maximum absolute atomic E-state index is 13.5. The van der Waals surface area contributed by atoms with E-state index in [1.54, 1.807) is 0 Å². The highest BCUT2D eigenvalue weighted by Gasteiger charge is 2.48. The van der Waals surface area contributed by atoms with Gasteiger partial charge in [-0.2, -0.15) is 0 Å². The van der Waals surface area contributed by atoms with Gasteiger partial charge in [0.05, 0.1) is 7.11 Å². The van der Waals surface area contributed by atoms with Crippen molar-refractivity contribution in [2.45, 2.75) is 50.9 Å².